The summed E-state index contributed by atoms with van der Waals surface area (Å²) in [4.78, 5) is 21.9. The first-order valence-electron chi connectivity index (χ1n) is 7.89. The molecule has 2 N–H and O–H groups in total. The van der Waals surface area contributed by atoms with Crippen LogP contribution < -0.4 is 10.1 Å². The second-order valence-electron chi connectivity index (χ2n) is 6.93. The zero-order chi connectivity index (χ0) is 20.4. The molecule has 0 bridgehead atoms. The number of benzene rings is 2. The van der Waals surface area contributed by atoms with Crippen LogP contribution in [-0.4, -0.2) is 16.1 Å². The first kappa shape index (κ1) is 20.1. The summed E-state index contributed by atoms with van der Waals surface area (Å²) in [5, 5.41) is 22.8. The van der Waals surface area contributed by atoms with Crippen molar-refractivity contribution in [2.75, 3.05) is 0 Å². The van der Waals surface area contributed by atoms with Crippen molar-refractivity contribution >= 4 is 11.8 Å². The maximum absolute atomic E-state index is 13.3. The number of carbonyl (C=O) groups is 1. The standard InChI is InChI=1S/C18H18F2N2O5/c1-18(2,3)16(21-17(23)24)14-9-12(4-5-15(14)22(25)26)27-13-7-10(19)6-11(20)8-13/h4-9,16,21H,1-3H3,(H,23,24). The summed E-state index contributed by atoms with van der Waals surface area (Å²) in [7, 11) is 0. The van der Waals surface area contributed by atoms with Crippen molar-refractivity contribution < 1.29 is 28.3 Å². The van der Waals surface area contributed by atoms with E-state index in [2.05, 4.69) is 5.32 Å². The van der Waals surface area contributed by atoms with Gasteiger partial charge >= 0.3 is 6.09 Å². The normalized spacial score (nSPS) is 12.3. The summed E-state index contributed by atoms with van der Waals surface area (Å²) in [6.07, 6.45) is -1.34. The monoisotopic (exact) mass is 380 g/mol. The van der Waals surface area contributed by atoms with Crippen molar-refractivity contribution in [3.8, 4) is 11.5 Å². The molecule has 27 heavy (non-hydrogen) atoms. The molecular weight excluding hydrogens is 362 g/mol. The number of nitro groups is 1. The Hall–Kier alpha value is -3.23. The molecule has 1 amide bonds. The van der Waals surface area contributed by atoms with Gasteiger partial charge in [0.25, 0.3) is 5.69 Å². The number of rotatable bonds is 5. The average molecular weight is 380 g/mol. The number of hydrogen-bond donors (Lipinski definition) is 2. The molecule has 0 fully saturated rings. The van der Waals surface area contributed by atoms with E-state index in [0.29, 0.717) is 6.07 Å². The molecule has 0 aromatic heterocycles. The van der Waals surface area contributed by atoms with Crippen molar-refractivity contribution in [1.29, 1.82) is 0 Å². The number of amides is 1. The summed E-state index contributed by atoms with van der Waals surface area (Å²) in [6, 6.07) is 5.38. The van der Waals surface area contributed by atoms with Gasteiger partial charge in [-0.25, -0.2) is 13.6 Å². The highest BCUT2D eigenvalue weighted by Crippen LogP contribution is 2.39. The van der Waals surface area contributed by atoms with Crippen LogP contribution in [0.4, 0.5) is 19.3 Å². The Labute approximate surface area is 153 Å². The predicted octanol–water partition coefficient (Wildman–Crippen LogP) is 5.02. The van der Waals surface area contributed by atoms with E-state index in [1.165, 1.54) is 12.1 Å². The van der Waals surface area contributed by atoms with E-state index < -0.39 is 34.1 Å². The van der Waals surface area contributed by atoms with Gasteiger partial charge in [-0.15, -0.1) is 0 Å². The van der Waals surface area contributed by atoms with E-state index in [0.717, 1.165) is 18.2 Å². The van der Waals surface area contributed by atoms with Gasteiger partial charge < -0.3 is 15.2 Å². The van der Waals surface area contributed by atoms with Crippen LogP contribution in [0.2, 0.25) is 0 Å². The van der Waals surface area contributed by atoms with Crippen molar-refractivity contribution in [2.24, 2.45) is 5.41 Å². The second kappa shape index (κ2) is 7.56. The number of nitro benzene ring substituents is 1. The SMILES string of the molecule is CC(C)(C)C(NC(=O)O)c1cc(Oc2cc(F)cc(F)c2)ccc1[N+](=O)[O-]. The summed E-state index contributed by atoms with van der Waals surface area (Å²) in [5.41, 5.74) is -0.932. The lowest BCUT2D eigenvalue weighted by Crippen LogP contribution is -2.36. The maximum atomic E-state index is 13.3. The number of nitrogens with one attached hydrogen (secondary N) is 1. The lowest BCUT2D eigenvalue weighted by atomic mass is 9.81. The van der Waals surface area contributed by atoms with Gasteiger partial charge in [-0.2, -0.15) is 0 Å². The van der Waals surface area contributed by atoms with Gasteiger partial charge in [-0.1, -0.05) is 20.8 Å². The highest BCUT2D eigenvalue weighted by molar-refractivity contribution is 5.66. The number of halogens is 2. The van der Waals surface area contributed by atoms with Gasteiger partial charge in [0, 0.05) is 24.3 Å². The topological polar surface area (TPSA) is 102 Å². The van der Waals surface area contributed by atoms with Crippen LogP contribution in [0.3, 0.4) is 0 Å². The minimum absolute atomic E-state index is 0.0713. The van der Waals surface area contributed by atoms with Gasteiger partial charge in [-0.3, -0.25) is 10.1 Å². The summed E-state index contributed by atoms with van der Waals surface area (Å²) in [5.74, 6) is -1.74. The van der Waals surface area contributed by atoms with E-state index in [1.54, 1.807) is 20.8 Å². The van der Waals surface area contributed by atoms with Gasteiger partial charge in [0.15, 0.2) is 0 Å². The Bertz CT molecular complexity index is 860. The molecule has 144 valence electrons. The molecule has 1 unspecified atom stereocenters. The molecule has 1 atom stereocenters. The minimum atomic E-state index is -1.34. The van der Waals surface area contributed by atoms with Gasteiger partial charge in [0.2, 0.25) is 0 Å². The van der Waals surface area contributed by atoms with E-state index in [-0.39, 0.29) is 22.7 Å². The second-order valence-corrected chi connectivity index (χ2v) is 6.93. The lowest BCUT2D eigenvalue weighted by Gasteiger charge is -2.30. The predicted molar refractivity (Wildman–Crippen MR) is 92.9 cm³/mol. The van der Waals surface area contributed by atoms with Crippen molar-refractivity contribution in [2.45, 2.75) is 26.8 Å². The summed E-state index contributed by atoms with van der Waals surface area (Å²) >= 11 is 0. The Balaban J connectivity index is 2.52. The van der Waals surface area contributed by atoms with Crippen LogP contribution >= 0.6 is 0 Å². The van der Waals surface area contributed by atoms with Gasteiger partial charge in [0.1, 0.15) is 23.1 Å². The molecular formula is C18H18F2N2O5. The van der Waals surface area contributed by atoms with Gasteiger partial charge in [-0.05, 0) is 17.5 Å². The molecule has 0 aliphatic carbocycles. The first-order chi connectivity index (χ1) is 12.5. The van der Waals surface area contributed by atoms with Crippen molar-refractivity contribution in [3.05, 3.63) is 63.7 Å². The molecule has 2 aromatic carbocycles. The third kappa shape index (κ3) is 5.13. The van der Waals surface area contributed by atoms with Crippen LogP contribution in [-0.2, 0) is 0 Å². The third-order valence-corrected chi connectivity index (χ3v) is 3.71. The average Bonchev–Trinajstić information content (AvgIpc) is 2.50. The molecule has 0 radical (unpaired) electrons. The van der Waals surface area contributed by atoms with Gasteiger partial charge in [0.05, 0.1) is 16.5 Å². The summed E-state index contributed by atoms with van der Waals surface area (Å²) in [6.45, 7) is 5.15. The van der Waals surface area contributed by atoms with E-state index in [9.17, 15) is 23.7 Å². The maximum Gasteiger partial charge on any atom is 0.405 e. The molecule has 0 spiro atoms. The molecule has 0 saturated carbocycles. The van der Waals surface area contributed by atoms with Crippen LogP contribution in [0.25, 0.3) is 0 Å². The van der Waals surface area contributed by atoms with E-state index >= 15 is 0 Å². The number of ether oxygens (including phenoxy) is 1. The molecule has 9 heteroatoms. The smallest absolute Gasteiger partial charge is 0.405 e. The quantitative estimate of drug-likeness (QED) is 0.560. The Kier molecular flexibility index (Phi) is 5.63. The number of carboxylic acid groups (broad SMARTS) is 1. The highest BCUT2D eigenvalue weighted by atomic mass is 19.1. The molecule has 0 heterocycles. The zero-order valence-electron chi connectivity index (χ0n) is 14.8. The molecule has 0 aliphatic rings. The number of hydrogen-bond acceptors (Lipinski definition) is 4. The van der Waals surface area contributed by atoms with Crippen LogP contribution in [0.5, 0.6) is 11.5 Å². The Morgan fingerprint density at radius 3 is 2.22 bits per heavy atom. The molecule has 0 saturated heterocycles. The van der Waals surface area contributed by atoms with Crippen LogP contribution in [0.1, 0.15) is 32.4 Å². The van der Waals surface area contributed by atoms with Crippen LogP contribution in [0.15, 0.2) is 36.4 Å². The fourth-order valence-electron chi connectivity index (χ4n) is 2.60. The van der Waals surface area contributed by atoms with E-state index in [4.69, 9.17) is 9.84 Å². The van der Waals surface area contributed by atoms with Crippen molar-refractivity contribution in [3.63, 3.8) is 0 Å². The largest absolute Gasteiger partial charge is 0.465 e. The van der Waals surface area contributed by atoms with Crippen molar-refractivity contribution in [1.82, 2.24) is 5.32 Å². The molecule has 2 rings (SSSR count). The molecule has 0 aliphatic heterocycles. The Morgan fingerprint density at radius 2 is 1.74 bits per heavy atom. The molecule has 7 nitrogen and oxygen atoms in total. The summed E-state index contributed by atoms with van der Waals surface area (Å²) < 4.78 is 32.1. The third-order valence-electron chi connectivity index (χ3n) is 3.71. The number of nitrogens with zero attached hydrogens (tertiary/aromatic N) is 1. The van der Waals surface area contributed by atoms with Crippen LogP contribution in [0, 0.1) is 27.2 Å². The molecule has 2 aromatic rings. The Morgan fingerprint density at radius 1 is 1.15 bits per heavy atom. The van der Waals surface area contributed by atoms with E-state index in [1.807, 2.05) is 0 Å². The fourth-order valence-corrected chi connectivity index (χ4v) is 2.60. The highest BCUT2D eigenvalue weighted by Gasteiger charge is 2.33. The minimum Gasteiger partial charge on any atom is -0.465 e. The zero-order valence-corrected chi connectivity index (χ0v) is 14.8. The first-order valence-corrected chi connectivity index (χ1v) is 7.89. The fraction of sp³-hybridized carbons (Fsp3) is 0.278. The lowest BCUT2D eigenvalue weighted by molar-refractivity contribution is -0.386.